The number of hydrogen-bond donors (Lipinski definition) is 2. The van der Waals surface area contributed by atoms with E-state index in [1.54, 1.807) is 24.0 Å². The van der Waals surface area contributed by atoms with Crippen molar-refractivity contribution >= 4 is 11.9 Å². The minimum Gasteiger partial charge on any atom is -0.481 e. The predicted octanol–water partition coefficient (Wildman–Crippen LogP) is 0.834. The topological polar surface area (TPSA) is 83.6 Å². The zero-order valence-corrected chi connectivity index (χ0v) is 10.7. The molecule has 1 rings (SSSR count). The monoisotopic (exact) mass is 268 g/mol. The van der Waals surface area contributed by atoms with E-state index in [2.05, 4.69) is 0 Å². The van der Waals surface area contributed by atoms with Gasteiger partial charge in [-0.2, -0.15) is 0 Å². The van der Waals surface area contributed by atoms with Crippen molar-refractivity contribution < 1.29 is 19.1 Å². The van der Waals surface area contributed by atoms with Crippen LogP contribution in [-0.4, -0.2) is 35.0 Å². The van der Waals surface area contributed by atoms with Crippen molar-refractivity contribution in [3.05, 3.63) is 35.6 Å². The molecule has 1 unspecified atom stereocenters. The smallest absolute Gasteiger partial charge is 0.307 e. The van der Waals surface area contributed by atoms with Gasteiger partial charge in [-0.3, -0.25) is 14.5 Å². The average molecular weight is 268 g/mol. The molecule has 104 valence electrons. The van der Waals surface area contributed by atoms with E-state index in [9.17, 15) is 14.0 Å². The fraction of sp³-hybridized carbons (Fsp3) is 0.385. The van der Waals surface area contributed by atoms with Gasteiger partial charge in [0.2, 0.25) is 5.91 Å². The molecule has 0 aliphatic rings. The van der Waals surface area contributed by atoms with E-state index < -0.39 is 17.8 Å². The van der Waals surface area contributed by atoms with Crippen molar-refractivity contribution in [2.45, 2.75) is 13.5 Å². The molecule has 0 aliphatic heterocycles. The number of carbonyl (C=O) groups excluding carboxylic acids is 1. The van der Waals surface area contributed by atoms with Gasteiger partial charge in [0.25, 0.3) is 0 Å². The molecule has 1 aromatic carbocycles. The zero-order chi connectivity index (χ0) is 14.4. The van der Waals surface area contributed by atoms with Crippen molar-refractivity contribution in [2.75, 3.05) is 13.1 Å². The number of amides is 1. The third kappa shape index (κ3) is 5.48. The predicted molar refractivity (Wildman–Crippen MR) is 67.7 cm³/mol. The summed E-state index contributed by atoms with van der Waals surface area (Å²) in [6.45, 7) is 2.08. The number of aliphatic carboxylic acids is 1. The molecule has 0 heterocycles. The molecule has 1 amide bonds. The minimum atomic E-state index is -0.937. The Hall–Kier alpha value is -1.95. The lowest BCUT2D eigenvalue weighted by atomic mass is 10.1. The fourth-order valence-corrected chi connectivity index (χ4v) is 1.72. The van der Waals surface area contributed by atoms with Crippen LogP contribution >= 0.6 is 0 Å². The van der Waals surface area contributed by atoms with Crippen LogP contribution in [0.2, 0.25) is 0 Å². The molecule has 0 radical (unpaired) electrons. The third-order valence-electron chi connectivity index (χ3n) is 2.65. The summed E-state index contributed by atoms with van der Waals surface area (Å²) in [6, 6.07) is 5.82. The number of rotatable bonds is 7. The molecule has 0 fully saturated rings. The third-order valence-corrected chi connectivity index (χ3v) is 2.65. The van der Waals surface area contributed by atoms with Gasteiger partial charge in [0.15, 0.2) is 0 Å². The van der Waals surface area contributed by atoms with Gasteiger partial charge < -0.3 is 10.8 Å². The fourth-order valence-electron chi connectivity index (χ4n) is 1.72. The van der Waals surface area contributed by atoms with Crippen LogP contribution in [0.3, 0.4) is 0 Å². The number of nitrogens with two attached hydrogens (primary N) is 1. The Balaban J connectivity index is 2.71. The Morgan fingerprint density at radius 2 is 1.95 bits per heavy atom. The molecule has 0 aliphatic carbocycles. The lowest BCUT2D eigenvalue weighted by molar-refractivity contribution is -0.142. The highest BCUT2D eigenvalue weighted by molar-refractivity contribution is 5.76. The van der Waals surface area contributed by atoms with Crippen LogP contribution in [0.4, 0.5) is 4.39 Å². The van der Waals surface area contributed by atoms with Gasteiger partial charge >= 0.3 is 5.97 Å². The SMILES string of the molecule is CC(CN(CC(N)=O)Cc1ccc(F)cc1)C(=O)O. The highest BCUT2D eigenvalue weighted by Gasteiger charge is 2.17. The van der Waals surface area contributed by atoms with Crippen LogP contribution in [0.15, 0.2) is 24.3 Å². The summed E-state index contributed by atoms with van der Waals surface area (Å²) in [5.74, 6) is -2.42. The molecule has 0 saturated heterocycles. The number of benzene rings is 1. The average Bonchev–Trinajstić information content (AvgIpc) is 2.31. The van der Waals surface area contributed by atoms with E-state index in [4.69, 9.17) is 10.8 Å². The van der Waals surface area contributed by atoms with Crippen molar-refractivity contribution in [3.63, 3.8) is 0 Å². The van der Waals surface area contributed by atoms with Crippen LogP contribution in [0.1, 0.15) is 12.5 Å². The first kappa shape index (κ1) is 15.1. The van der Waals surface area contributed by atoms with Gasteiger partial charge in [-0.25, -0.2) is 4.39 Å². The highest BCUT2D eigenvalue weighted by Crippen LogP contribution is 2.09. The molecular weight excluding hydrogens is 251 g/mol. The zero-order valence-electron chi connectivity index (χ0n) is 10.7. The molecule has 5 nitrogen and oxygen atoms in total. The van der Waals surface area contributed by atoms with Crippen LogP contribution in [0.25, 0.3) is 0 Å². The minimum absolute atomic E-state index is 0.0327. The van der Waals surface area contributed by atoms with E-state index in [-0.39, 0.29) is 18.9 Å². The summed E-state index contributed by atoms with van der Waals surface area (Å²) >= 11 is 0. The summed E-state index contributed by atoms with van der Waals surface area (Å²) in [4.78, 5) is 23.4. The largest absolute Gasteiger partial charge is 0.481 e. The molecular formula is C13H17FN2O3. The molecule has 0 saturated carbocycles. The lowest BCUT2D eigenvalue weighted by Crippen LogP contribution is -2.37. The number of hydrogen-bond acceptors (Lipinski definition) is 3. The summed E-state index contributed by atoms with van der Waals surface area (Å²) in [6.07, 6.45) is 0. The number of nitrogens with zero attached hydrogens (tertiary/aromatic N) is 1. The molecule has 3 N–H and O–H groups in total. The molecule has 0 aromatic heterocycles. The summed E-state index contributed by atoms with van der Waals surface area (Å²) in [5, 5.41) is 8.88. The Morgan fingerprint density at radius 1 is 1.37 bits per heavy atom. The van der Waals surface area contributed by atoms with Gasteiger partial charge in [-0.05, 0) is 17.7 Å². The summed E-state index contributed by atoms with van der Waals surface area (Å²) < 4.78 is 12.8. The first-order chi connectivity index (χ1) is 8.88. The second-order valence-electron chi connectivity index (χ2n) is 4.50. The quantitative estimate of drug-likeness (QED) is 0.767. The second-order valence-corrected chi connectivity index (χ2v) is 4.50. The van der Waals surface area contributed by atoms with Gasteiger partial charge in [0, 0.05) is 13.1 Å². The summed E-state index contributed by atoms with van der Waals surface area (Å²) in [7, 11) is 0. The van der Waals surface area contributed by atoms with E-state index >= 15 is 0 Å². The molecule has 0 spiro atoms. The van der Waals surface area contributed by atoms with Gasteiger partial charge in [0.1, 0.15) is 5.82 Å². The van der Waals surface area contributed by atoms with Gasteiger partial charge in [-0.15, -0.1) is 0 Å². The summed E-state index contributed by atoms with van der Waals surface area (Å²) in [5.41, 5.74) is 5.93. The van der Waals surface area contributed by atoms with E-state index in [1.807, 2.05) is 0 Å². The van der Waals surface area contributed by atoms with E-state index in [0.29, 0.717) is 6.54 Å². The molecule has 1 aromatic rings. The number of halogens is 1. The number of primary amides is 1. The first-order valence-corrected chi connectivity index (χ1v) is 5.86. The van der Waals surface area contributed by atoms with Crippen LogP contribution < -0.4 is 5.73 Å². The van der Waals surface area contributed by atoms with Crippen LogP contribution in [-0.2, 0) is 16.1 Å². The maximum atomic E-state index is 12.8. The number of carboxylic acids is 1. The van der Waals surface area contributed by atoms with E-state index in [1.165, 1.54) is 12.1 Å². The Morgan fingerprint density at radius 3 is 2.42 bits per heavy atom. The van der Waals surface area contributed by atoms with Crippen LogP contribution in [0, 0.1) is 11.7 Å². The van der Waals surface area contributed by atoms with Crippen LogP contribution in [0.5, 0.6) is 0 Å². The Kier molecular flexibility index (Phi) is 5.44. The number of carbonyl (C=O) groups is 2. The van der Waals surface area contributed by atoms with Crippen molar-refractivity contribution in [2.24, 2.45) is 11.7 Å². The van der Waals surface area contributed by atoms with E-state index in [0.717, 1.165) is 5.56 Å². The van der Waals surface area contributed by atoms with Crippen molar-refractivity contribution in [1.82, 2.24) is 4.90 Å². The van der Waals surface area contributed by atoms with Gasteiger partial charge in [0.05, 0.1) is 12.5 Å². The molecule has 0 bridgehead atoms. The first-order valence-electron chi connectivity index (χ1n) is 5.86. The highest BCUT2D eigenvalue weighted by atomic mass is 19.1. The molecule has 6 heteroatoms. The standard InChI is InChI=1S/C13H17FN2O3/c1-9(13(18)19)6-16(8-12(15)17)7-10-2-4-11(14)5-3-10/h2-5,9H,6-8H2,1H3,(H2,15,17)(H,18,19). The maximum Gasteiger partial charge on any atom is 0.307 e. The maximum absolute atomic E-state index is 12.8. The van der Waals surface area contributed by atoms with Crippen molar-refractivity contribution in [3.8, 4) is 0 Å². The molecule has 1 atom stereocenters. The number of carboxylic acid groups (broad SMARTS) is 1. The van der Waals surface area contributed by atoms with Gasteiger partial charge in [-0.1, -0.05) is 19.1 Å². The Labute approximate surface area is 110 Å². The Bertz CT molecular complexity index is 448. The second kappa shape index (κ2) is 6.84. The molecule has 19 heavy (non-hydrogen) atoms. The van der Waals surface area contributed by atoms with Crippen molar-refractivity contribution in [1.29, 1.82) is 0 Å². The lowest BCUT2D eigenvalue weighted by Gasteiger charge is -2.22. The normalized spacial score (nSPS) is 12.4.